The second kappa shape index (κ2) is 7.75. The number of halogens is 2. The molecule has 1 N–H and O–H groups in total. The SMILES string of the molecule is C[C@H](NCc1ncc(Br)cc1Br)C1CCCCCC1. The molecule has 1 aromatic rings. The highest BCUT2D eigenvalue weighted by atomic mass is 79.9. The minimum absolute atomic E-state index is 0.579. The predicted molar refractivity (Wildman–Crippen MR) is 87.1 cm³/mol. The normalized spacial score (nSPS) is 19.1. The summed E-state index contributed by atoms with van der Waals surface area (Å²) in [6, 6.07) is 2.63. The first-order valence-electron chi connectivity index (χ1n) is 7.20. The molecule has 1 fully saturated rings. The molecule has 106 valence electrons. The lowest BCUT2D eigenvalue weighted by Crippen LogP contribution is -2.33. The summed E-state index contributed by atoms with van der Waals surface area (Å²) in [4.78, 5) is 4.46. The van der Waals surface area contributed by atoms with E-state index in [4.69, 9.17) is 0 Å². The van der Waals surface area contributed by atoms with E-state index in [2.05, 4.69) is 55.2 Å². The van der Waals surface area contributed by atoms with Crippen LogP contribution in [0.15, 0.2) is 21.2 Å². The van der Waals surface area contributed by atoms with Gasteiger partial charge in [-0.1, -0.05) is 25.7 Å². The van der Waals surface area contributed by atoms with Crippen molar-refractivity contribution in [2.24, 2.45) is 5.92 Å². The minimum atomic E-state index is 0.579. The molecule has 1 saturated carbocycles. The van der Waals surface area contributed by atoms with Gasteiger partial charge >= 0.3 is 0 Å². The summed E-state index contributed by atoms with van der Waals surface area (Å²) in [5.41, 5.74) is 1.09. The van der Waals surface area contributed by atoms with Crippen LogP contribution in [0, 0.1) is 5.92 Å². The molecule has 0 unspecified atom stereocenters. The third kappa shape index (κ3) is 4.83. The molecule has 2 rings (SSSR count). The van der Waals surface area contributed by atoms with Gasteiger partial charge in [0.15, 0.2) is 0 Å². The molecule has 0 amide bonds. The van der Waals surface area contributed by atoms with Gasteiger partial charge in [-0.3, -0.25) is 4.98 Å². The highest BCUT2D eigenvalue weighted by Crippen LogP contribution is 2.26. The van der Waals surface area contributed by atoms with Crippen molar-refractivity contribution in [1.82, 2.24) is 10.3 Å². The maximum atomic E-state index is 4.46. The van der Waals surface area contributed by atoms with Crippen molar-refractivity contribution in [3.05, 3.63) is 26.9 Å². The van der Waals surface area contributed by atoms with Crippen LogP contribution >= 0.6 is 31.9 Å². The van der Waals surface area contributed by atoms with Crippen LogP contribution in [0.1, 0.15) is 51.1 Å². The molecule has 2 nitrogen and oxygen atoms in total. The third-order valence-corrected chi connectivity index (χ3v) is 5.20. The molecule has 1 heterocycles. The van der Waals surface area contributed by atoms with Crippen molar-refractivity contribution >= 4 is 31.9 Å². The molecule has 0 spiro atoms. The summed E-state index contributed by atoms with van der Waals surface area (Å²) >= 11 is 7.01. The summed E-state index contributed by atoms with van der Waals surface area (Å²) in [7, 11) is 0. The Balaban J connectivity index is 1.86. The molecule has 1 aromatic heterocycles. The highest BCUT2D eigenvalue weighted by Gasteiger charge is 2.18. The van der Waals surface area contributed by atoms with E-state index in [9.17, 15) is 0 Å². The van der Waals surface area contributed by atoms with Crippen molar-refractivity contribution in [2.45, 2.75) is 58.0 Å². The zero-order valence-electron chi connectivity index (χ0n) is 11.5. The number of hydrogen-bond donors (Lipinski definition) is 1. The number of aromatic nitrogens is 1. The van der Waals surface area contributed by atoms with Gasteiger partial charge in [-0.05, 0) is 63.6 Å². The lowest BCUT2D eigenvalue weighted by Gasteiger charge is -2.23. The molecule has 0 saturated heterocycles. The van der Waals surface area contributed by atoms with Crippen LogP contribution in [0.5, 0.6) is 0 Å². The Bertz CT molecular complexity index is 401. The predicted octanol–water partition coefficient (Wildman–Crippen LogP) is 5.06. The average Bonchev–Trinajstić information content (AvgIpc) is 2.66. The largest absolute Gasteiger partial charge is 0.308 e. The van der Waals surface area contributed by atoms with E-state index in [1.54, 1.807) is 0 Å². The first-order chi connectivity index (χ1) is 9.16. The lowest BCUT2D eigenvalue weighted by molar-refractivity contribution is 0.335. The Labute approximate surface area is 133 Å². The fourth-order valence-electron chi connectivity index (χ4n) is 2.81. The van der Waals surface area contributed by atoms with Gasteiger partial charge in [0.2, 0.25) is 0 Å². The van der Waals surface area contributed by atoms with E-state index < -0.39 is 0 Å². The first kappa shape index (κ1) is 15.5. The fraction of sp³-hybridized carbons (Fsp3) is 0.667. The molecule has 1 aliphatic rings. The van der Waals surface area contributed by atoms with Crippen LogP contribution in [-0.2, 0) is 6.54 Å². The van der Waals surface area contributed by atoms with Crippen molar-refractivity contribution < 1.29 is 0 Å². The average molecular weight is 390 g/mol. The van der Waals surface area contributed by atoms with E-state index >= 15 is 0 Å². The quantitative estimate of drug-likeness (QED) is 0.728. The van der Waals surface area contributed by atoms with Crippen molar-refractivity contribution in [3.63, 3.8) is 0 Å². The van der Waals surface area contributed by atoms with Gasteiger partial charge in [0.05, 0.1) is 5.69 Å². The lowest BCUT2D eigenvalue weighted by atomic mass is 9.93. The molecule has 0 aromatic carbocycles. The zero-order chi connectivity index (χ0) is 13.7. The number of nitrogens with zero attached hydrogens (tertiary/aromatic N) is 1. The van der Waals surface area contributed by atoms with Crippen LogP contribution < -0.4 is 5.32 Å². The number of nitrogens with one attached hydrogen (secondary N) is 1. The second-order valence-electron chi connectivity index (χ2n) is 5.50. The number of pyridine rings is 1. The summed E-state index contributed by atoms with van der Waals surface area (Å²) in [6.45, 7) is 3.16. The van der Waals surface area contributed by atoms with Crippen LogP contribution in [0.25, 0.3) is 0 Å². The highest BCUT2D eigenvalue weighted by molar-refractivity contribution is 9.11. The first-order valence-corrected chi connectivity index (χ1v) is 8.78. The Kier molecular flexibility index (Phi) is 6.30. The van der Waals surface area contributed by atoms with Crippen LogP contribution in [0.3, 0.4) is 0 Å². The van der Waals surface area contributed by atoms with Gasteiger partial charge in [-0.25, -0.2) is 0 Å². The summed E-state index contributed by atoms with van der Waals surface area (Å²) < 4.78 is 2.09. The summed E-state index contributed by atoms with van der Waals surface area (Å²) in [5, 5.41) is 3.65. The number of hydrogen-bond acceptors (Lipinski definition) is 2. The molecule has 19 heavy (non-hydrogen) atoms. The molecular weight excluding hydrogens is 368 g/mol. The van der Waals surface area contributed by atoms with E-state index in [-0.39, 0.29) is 0 Å². The Morgan fingerprint density at radius 2 is 1.95 bits per heavy atom. The van der Waals surface area contributed by atoms with Gasteiger partial charge in [-0.2, -0.15) is 0 Å². The molecular formula is C15H22Br2N2. The summed E-state index contributed by atoms with van der Waals surface area (Å²) in [5.74, 6) is 0.830. The van der Waals surface area contributed by atoms with Gasteiger partial charge in [-0.15, -0.1) is 0 Å². The molecule has 0 bridgehead atoms. The van der Waals surface area contributed by atoms with E-state index in [1.165, 1.54) is 38.5 Å². The van der Waals surface area contributed by atoms with E-state index in [0.717, 1.165) is 27.1 Å². The maximum Gasteiger partial charge on any atom is 0.0684 e. The topological polar surface area (TPSA) is 24.9 Å². The van der Waals surface area contributed by atoms with Gasteiger partial charge < -0.3 is 5.32 Å². The fourth-order valence-corrected chi connectivity index (χ4v) is 3.94. The molecule has 1 aliphatic carbocycles. The number of rotatable bonds is 4. The van der Waals surface area contributed by atoms with Crippen molar-refractivity contribution in [3.8, 4) is 0 Å². The second-order valence-corrected chi connectivity index (χ2v) is 7.27. The third-order valence-electron chi connectivity index (χ3n) is 4.08. The standard InChI is InChI=1S/C15H22Br2N2/c1-11(12-6-4-2-3-5-7-12)18-10-15-14(17)8-13(16)9-19-15/h8-9,11-12,18H,2-7,10H2,1H3/t11-/m0/s1. The van der Waals surface area contributed by atoms with Gasteiger partial charge in [0.25, 0.3) is 0 Å². The van der Waals surface area contributed by atoms with Crippen LogP contribution in [-0.4, -0.2) is 11.0 Å². The molecule has 4 heteroatoms. The van der Waals surface area contributed by atoms with E-state index in [0.29, 0.717) is 6.04 Å². The summed E-state index contributed by atoms with van der Waals surface area (Å²) in [6.07, 6.45) is 10.3. The van der Waals surface area contributed by atoms with E-state index in [1.807, 2.05) is 6.20 Å². The Morgan fingerprint density at radius 3 is 2.58 bits per heavy atom. The Hall–Kier alpha value is 0.0700. The maximum absolute atomic E-state index is 4.46. The zero-order valence-corrected chi connectivity index (χ0v) is 14.6. The molecule has 0 radical (unpaired) electrons. The smallest absolute Gasteiger partial charge is 0.0684 e. The van der Waals surface area contributed by atoms with Crippen molar-refractivity contribution in [1.29, 1.82) is 0 Å². The van der Waals surface area contributed by atoms with Gasteiger partial charge in [0.1, 0.15) is 0 Å². The van der Waals surface area contributed by atoms with Crippen LogP contribution in [0.4, 0.5) is 0 Å². The monoisotopic (exact) mass is 388 g/mol. The molecule has 0 aliphatic heterocycles. The molecule has 1 atom stereocenters. The van der Waals surface area contributed by atoms with Crippen LogP contribution in [0.2, 0.25) is 0 Å². The van der Waals surface area contributed by atoms with Gasteiger partial charge in [0, 0.05) is 27.7 Å². The Morgan fingerprint density at radius 1 is 1.26 bits per heavy atom. The minimum Gasteiger partial charge on any atom is -0.308 e. The van der Waals surface area contributed by atoms with Crippen molar-refractivity contribution in [2.75, 3.05) is 0 Å².